The van der Waals surface area contributed by atoms with Crippen molar-refractivity contribution < 1.29 is 4.79 Å². The average molecular weight is 82.1 g/mol. The van der Waals surface area contributed by atoms with Gasteiger partial charge in [-0.3, -0.25) is 0 Å². The van der Waals surface area contributed by atoms with E-state index in [2.05, 4.69) is 13.0 Å². The zero-order chi connectivity index (χ0) is 4.99. The molecule has 0 aromatic carbocycles. The molecule has 0 aliphatic carbocycles. The van der Waals surface area contributed by atoms with Crippen molar-refractivity contribution in [2.75, 3.05) is 0 Å². The summed E-state index contributed by atoms with van der Waals surface area (Å²) in [6.45, 7) is 5.22. The topological polar surface area (TPSA) is 17.1 Å². The van der Waals surface area contributed by atoms with E-state index in [1.807, 2.05) is 0 Å². The SMILES string of the molecule is [CH2]C(C)[C]=C=O. The summed E-state index contributed by atoms with van der Waals surface area (Å²) in [6.07, 6.45) is 2.29. The van der Waals surface area contributed by atoms with Crippen LogP contribution >= 0.6 is 0 Å². The zero-order valence-electron chi connectivity index (χ0n) is 3.69. The minimum atomic E-state index is -0.0255. The molecular weight excluding hydrogens is 76.1 g/mol. The van der Waals surface area contributed by atoms with Crippen molar-refractivity contribution in [1.29, 1.82) is 0 Å². The third kappa shape index (κ3) is 3.45. The van der Waals surface area contributed by atoms with Crippen molar-refractivity contribution in [1.82, 2.24) is 0 Å². The highest BCUT2D eigenvalue weighted by Gasteiger charge is 1.80. The van der Waals surface area contributed by atoms with Gasteiger partial charge in [-0.05, 0) is 12.8 Å². The first-order chi connectivity index (χ1) is 2.77. The highest BCUT2D eigenvalue weighted by molar-refractivity contribution is 5.41. The summed E-state index contributed by atoms with van der Waals surface area (Å²) in [7, 11) is 0. The van der Waals surface area contributed by atoms with E-state index in [-0.39, 0.29) is 5.92 Å². The fourth-order valence-electron chi connectivity index (χ4n) is 0.101. The summed E-state index contributed by atoms with van der Waals surface area (Å²) in [5.41, 5.74) is 0. The number of hydrogen-bond donors (Lipinski definition) is 0. The van der Waals surface area contributed by atoms with Crippen LogP contribution in [0.3, 0.4) is 0 Å². The fourth-order valence-corrected chi connectivity index (χ4v) is 0.101. The predicted molar refractivity (Wildman–Crippen MR) is 23.5 cm³/mol. The Hall–Kier alpha value is -0.550. The second-order valence-electron chi connectivity index (χ2n) is 1.15. The van der Waals surface area contributed by atoms with Gasteiger partial charge in [-0.2, -0.15) is 0 Å². The van der Waals surface area contributed by atoms with Crippen LogP contribution in [0.4, 0.5) is 0 Å². The molecule has 2 radical (unpaired) electrons. The molecule has 0 spiro atoms. The van der Waals surface area contributed by atoms with Gasteiger partial charge in [-0.15, -0.1) is 0 Å². The Morgan fingerprint density at radius 3 is 2.33 bits per heavy atom. The highest BCUT2D eigenvalue weighted by Crippen LogP contribution is 1.84. The Labute approximate surface area is 37.7 Å². The lowest BCUT2D eigenvalue weighted by Gasteiger charge is -1.80. The minimum Gasteiger partial charge on any atom is -0.233 e. The zero-order valence-corrected chi connectivity index (χ0v) is 3.69. The van der Waals surface area contributed by atoms with Crippen LogP contribution in [0, 0.1) is 18.9 Å². The maximum Gasteiger partial charge on any atom is 0.129 e. The smallest absolute Gasteiger partial charge is 0.129 e. The second kappa shape index (κ2) is 2.67. The van der Waals surface area contributed by atoms with E-state index in [9.17, 15) is 4.79 Å². The third-order valence-corrected chi connectivity index (χ3v) is 0.305. The Bertz CT molecular complexity index is 68.0. The molecular formula is C5H6O. The van der Waals surface area contributed by atoms with E-state index >= 15 is 0 Å². The molecule has 0 aromatic heterocycles. The number of allylic oxidation sites excluding steroid dienone is 1. The van der Waals surface area contributed by atoms with Crippen LogP contribution < -0.4 is 0 Å². The maximum absolute atomic E-state index is 9.34. The monoisotopic (exact) mass is 82.0 g/mol. The van der Waals surface area contributed by atoms with Gasteiger partial charge in [0.2, 0.25) is 0 Å². The first-order valence-corrected chi connectivity index (χ1v) is 1.73. The molecule has 0 N–H and O–H groups in total. The molecule has 0 bridgehead atoms. The number of rotatable bonds is 1. The molecule has 0 aliphatic heterocycles. The molecule has 0 saturated heterocycles. The lowest BCUT2D eigenvalue weighted by molar-refractivity contribution is 0.566. The lowest BCUT2D eigenvalue weighted by Crippen LogP contribution is -1.77. The molecule has 0 aromatic rings. The van der Waals surface area contributed by atoms with Crippen molar-refractivity contribution in [2.24, 2.45) is 5.92 Å². The van der Waals surface area contributed by atoms with Gasteiger partial charge in [0.15, 0.2) is 0 Å². The van der Waals surface area contributed by atoms with Gasteiger partial charge < -0.3 is 0 Å². The van der Waals surface area contributed by atoms with Crippen LogP contribution in [0.25, 0.3) is 0 Å². The summed E-state index contributed by atoms with van der Waals surface area (Å²) in [5, 5.41) is 0. The van der Waals surface area contributed by atoms with Gasteiger partial charge in [0.1, 0.15) is 5.94 Å². The Morgan fingerprint density at radius 2 is 2.33 bits per heavy atom. The van der Waals surface area contributed by atoms with E-state index in [4.69, 9.17) is 0 Å². The van der Waals surface area contributed by atoms with E-state index in [1.165, 1.54) is 5.94 Å². The van der Waals surface area contributed by atoms with Gasteiger partial charge in [0.05, 0.1) is 6.08 Å². The number of carbonyl (C=O) groups excluding carboxylic acids is 1. The summed E-state index contributed by atoms with van der Waals surface area (Å²) in [4.78, 5) is 9.34. The molecule has 0 heterocycles. The summed E-state index contributed by atoms with van der Waals surface area (Å²) >= 11 is 0. The molecule has 0 amide bonds. The van der Waals surface area contributed by atoms with Gasteiger partial charge in [-0.25, -0.2) is 4.79 Å². The first kappa shape index (κ1) is 5.45. The Morgan fingerprint density at radius 1 is 1.83 bits per heavy atom. The van der Waals surface area contributed by atoms with Crippen molar-refractivity contribution in [3.63, 3.8) is 0 Å². The molecule has 0 aliphatic rings. The first-order valence-electron chi connectivity index (χ1n) is 1.73. The molecule has 32 valence electrons. The summed E-state index contributed by atoms with van der Waals surface area (Å²) in [6, 6.07) is 0. The van der Waals surface area contributed by atoms with E-state index < -0.39 is 0 Å². The van der Waals surface area contributed by atoms with Crippen molar-refractivity contribution in [3.05, 3.63) is 13.0 Å². The highest BCUT2D eigenvalue weighted by atomic mass is 16.1. The minimum absolute atomic E-state index is 0.0255. The van der Waals surface area contributed by atoms with Crippen molar-refractivity contribution >= 4 is 5.94 Å². The van der Waals surface area contributed by atoms with Crippen LogP contribution in [0.15, 0.2) is 0 Å². The summed E-state index contributed by atoms with van der Waals surface area (Å²) < 4.78 is 0. The van der Waals surface area contributed by atoms with Crippen molar-refractivity contribution in [3.8, 4) is 0 Å². The standard InChI is InChI=1S/C5H6O/c1-5(2)3-4-6/h5H,1H2,2H3. The molecule has 1 heteroatoms. The van der Waals surface area contributed by atoms with Crippen LogP contribution in [-0.2, 0) is 4.79 Å². The largest absolute Gasteiger partial charge is 0.233 e. The van der Waals surface area contributed by atoms with Crippen LogP contribution in [0.2, 0.25) is 0 Å². The summed E-state index contributed by atoms with van der Waals surface area (Å²) in [5.74, 6) is 1.48. The van der Waals surface area contributed by atoms with E-state index in [1.54, 1.807) is 6.92 Å². The predicted octanol–water partition coefficient (Wildman–Crippen LogP) is 0.648. The molecule has 1 unspecified atom stereocenters. The quantitative estimate of drug-likeness (QED) is 0.424. The van der Waals surface area contributed by atoms with Gasteiger partial charge in [0, 0.05) is 0 Å². The van der Waals surface area contributed by atoms with Gasteiger partial charge >= 0.3 is 0 Å². The number of hydrogen-bond acceptors (Lipinski definition) is 1. The molecule has 0 fully saturated rings. The third-order valence-electron chi connectivity index (χ3n) is 0.305. The lowest BCUT2D eigenvalue weighted by atomic mass is 10.2. The van der Waals surface area contributed by atoms with E-state index in [0.29, 0.717) is 0 Å². The van der Waals surface area contributed by atoms with Gasteiger partial charge in [-0.1, -0.05) is 6.92 Å². The fraction of sp³-hybridized carbons (Fsp3) is 0.400. The van der Waals surface area contributed by atoms with E-state index in [0.717, 1.165) is 0 Å². The van der Waals surface area contributed by atoms with Crippen LogP contribution in [0.5, 0.6) is 0 Å². The van der Waals surface area contributed by atoms with Crippen LogP contribution in [0.1, 0.15) is 6.92 Å². The van der Waals surface area contributed by atoms with Crippen molar-refractivity contribution in [2.45, 2.75) is 6.92 Å². The van der Waals surface area contributed by atoms with Crippen LogP contribution in [-0.4, -0.2) is 5.94 Å². The Kier molecular flexibility index (Phi) is 2.43. The maximum atomic E-state index is 9.34. The average Bonchev–Trinajstić information content (AvgIpc) is 1.35. The molecule has 0 rings (SSSR count). The second-order valence-corrected chi connectivity index (χ2v) is 1.15. The Balaban J connectivity index is 3.29. The molecule has 1 nitrogen and oxygen atoms in total. The van der Waals surface area contributed by atoms with Gasteiger partial charge in [0.25, 0.3) is 0 Å². The molecule has 0 saturated carbocycles. The molecule has 1 atom stereocenters. The normalized spacial score (nSPS) is 7.83. The molecule has 6 heavy (non-hydrogen) atoms.